The van der Waals surface area contributed by atoms with E-state index in [1.54, 1.807) is 6.20 Å². The first kappa shape index (κ1) is 34.4. The van der Waals surface area contributed by atoms with Crippen LogP contribution in [0.15, 0.2) is 30.5 Å². The molecule has 0 amide bonds. The molecule has 0 unspecified atom stereocenters. The lowest BCUT2D eigenvalue weighted by Crippen LogP contribution is -2.27. The Labute approximate surface area is 225 Å². The molecule has 3 rings (SSSR count). The number of rotatable bonds is 8. The number of carbonyl (C=O) groups is 2. The summed E-state index contributed by atoms with van der Waals surface area (Å²) in [4.78, 5) is 27.0. The molecule has 0 saturated carbocycles. The van der Waals surface area contributed by atoms with Gasteiger partial charge in [-0.1, -0.05) is 6.07 Å². The zero-order valence-electron chi connectivity index (χ0n) is 21.6. The second-order valence-corrected chi connectivity index (χ2v) is 7.96. The van der Waals surface area contributed by atoms with Crippen molar-refractivity contribution in [2.75, 3.05) is 39.9 Å². The highest BCUT2D eigenvalue weighted by molar-refractivity contribution is 5.73. The molecule has 4 N–H and O–H groups in total. The van der Waals surface area contributed by atoms with Gasteiger partial charge in [0.05, 0.1) is 17.9 Å². The molecule has 1 aliphatic rings. The number of hydrogen-bond donors (Lipinski definition) is 4. The summed E-state index contributed by atoms with van der Waals surface area (Å²) in [6, 6.07) is 8.11. The molecule has 1 saturated heterocycles. The number of likely N-dealkylation sites (N-methyl/N-ethyl adjacent to an activating group) is 1. The number of aliphatic carboxylic acids is 2. The Morgan fingerprint density at radius 3 is 2.08 bits per heavy atom. The summed E-state index contributed by atoms with van der Waals surface area (Å²) in [6.45, 7) is 5.99. The van der Waals surface area contributed by atoms with E-state index in [4.69, 9.17) is 34.3 Å². The predicted molar refractivity (Wildman–Crippen MR) is 130 cm³/mol. The van der Waals surface area contributed by atoms with Gasteiger partial charge < -0.3 is 30.3 Å². The predicted octanol–water partition coefficient (Wildman–Crippen LogP) is 3.87. The quantitative estimate of drug-likeness (QED) is 0.267. The minimum absolute atomic E-state index is 0.489. The molecular formula is C24H30F6N4O6. The minimum atomic E-state index is -5.08. The number of piperidine rings is 1. The number of aromatic nitrogens is 2. The van der Waals surface area contributed by atoms with Gasteiger partial charge in [0.15, 0.2) is 0 Å². The fourth-order valence-corrected chi connectivity index (χ4v) is 3.25. The van der Waals surface area contributed by atoms with E-state index in [0.717, 1.165) is 49.6 Å². The number of carboxylic acid groups (broad SMARTS) is 2. The van der Waals surface area contributed by atoms with Crippen LogP contribution in [-0.4, -0.2) is 84.4 Å². The Hall–Kier alpha value is -3.66. The Morgan fingerprint density at radius 1 is 1.00 bits per heavy atom. The van der Waals surface area contributed by atoms with Crippen molar-refractivity contribution in [2.45, 2.75) is 38.0 Å². The lowest BCUT2D eigenvalue weighted by atomic mass is 9.90. The topological polar surface area (TPSA) is 143 Å². The van der Waals surface area contributed by atoms with E-state index in [-0.39, 0.29) is 0 Å². The molecule has 0 aliphatic carbocycles. The third-order valence-electron chi connectivity index (χ3n) is 5.07. The third kappa shape index (κ3) is 12.0. The monoisotopic (exact) mass is 584 g/mol. The normalized spacial score (nSPS) is 13.7. The Kier molecular flexibility index (Phi) is 14.1. The van der Waals surface area contributed by atoms with Crippen LogP contribution in [-0.2, 0) is 9.59 Å². The largest absolute Gasteiger partial charge is 0.490 e. The van der Waals surface area contributed by atoms with Crippen molar-refractivity contribution >= 4 is 11.9 Å². The molecule has 0 atom stereocenters. The summed E-state index contributed by atoms with van der Waals surface area (Å²) in [5.74, 6) is -3.68. The highest BCUT2D eigenvalue weighted by Gasteiger charge is 2.38. The lowest BCUT2D eigenvalue weighted by Gasteiger charge is -2.24. The smallest absolute Gasteiger partial charge is 0.477 e. The van der Waals surface area contributed by atoms with Crippen molar-refractivity contribution in [3.63, 3.8) is 0 Å². The van der Waals surface area contributed by atoms with Gasteiger partial charge in [0.2, 0.25) is 11.8 Å². The van der Waals surface area contributed by atoms with Crippen LogP contribution in [0.5, 0.6) is 11.8 Å². The van der Waals surface area contributed by atoms with Gasteiger partial charge in [-0.05, 0) is 64.0 Å². The van der Waals surface area contributed by atoms with E-state index < -0.39 is 24.3 Å². The Bertz CT molecular complexity index is 1050. The third-order valence-corrected chi connectivity index (χ3v) is 5.07. The summed E-state index contributed by atoms with van der Waals surface area (Å²) in [5, 5.41) is 20.8. The molecule has 224 valence electrons. The first-order valence-electron chi connectivity index (χ1n) is 11.9. The minimum Gasteiger partial charge on any atom is -0.477 e. The SMILES string of the molecule is CCOc1ncccc1-c1ccc(C2CCNCC2)c(OCCNC)n1.O=C(O)C(F)(F)F.O=C(O)C(F)(F)F. The zero-order valence-corrected chi connectivity index (χ0v) is 21.6. The van der Waals surface area contributed by atoms with Gasteiger partial charge in [-0.3, -0.25) is 0 Å². The van der Waals surface area contributed by atoms with Crippen LogP contribution in [0.2, 0.25) is 0 Å². The second kappa shape index (κ2) is 16.4. The molecule has 0 radical (unpaired) electrons. The first-order valence-corrected chi connectivity index (χ1v) is 11.9. The summed E-state index contributed by atoms with van der Waals surface area (Å²) in [6.07, 6.45) is -6.21. The summed E-state index contributed by atoms with van der Waals surface area (Å²) in [5.41, 5.74) is 2.93. The maximum absolute atomic E-state index is 10.6. The number of alkyl halides is 6. The number of ether oxygens (including phenoxy) is 2. The number of nitrogens with zero attached hydrogens (tertiary/aromatic N) is 2. The number of pyridine rings is 2. The standard InChI is InChI=1S/C20H28N4O2.2C2HF3O2/c1-3-25-19-17(5-4-10-23-19)18-7-6-16(15-8-11-22-12-9-15)20(24-18)26-14-13-21-2;2*3-2(4,5)1(6)7/h4-7,10,15,21-22H,3,8-9,11-14H2,1-2H3;2*(H,6,7). The van der Waals surface area contributed by atoms with Gasteiger partial charge in [-0.15, -0.1) is 0 Å². The summed E-state index contributed by atoms with van der Waals surface area (Å²) < 4.78 is 75.2. The summed E-state index contributed by atoms with van der Waals surface area (Å²) >= 11 is 0. The molecule has 40 heavy (non-hydrogen) atoms. The zero-order chi connectivity index (χ0) is 30.3. The van der Waals surface area contributed by atoms with Crippen LogP contribution >= 0.6 is 0 Å². The van der Waals surface area contributed by atoms with Crippen LogP contribution in [0.1, 0.15) is 31.2 Å². The molecule has 1 aliphatic heterocycles. The molecule has 0 bridgehead atoms. The number of carboxylic acids is 2. The Morgan fingerprint density at radius 2 is 1.57 bits per heavy atom. The molecule has 0 aromatic carbocycles. The van der Waals surface area contributed by atoms with Crippen LogP contribution in [0.4, 0.5) is 26.3 Å². The van der Waals surface area contributed by atoms with E-state index in [1.165, 1.54) is 5.56 Å². The maximum atomic E-state index is 10.6. The van der Waals surface area contributed by atoms with Crippen LogP contribution in [0.25, 0.3) is 11.3 Å². The molecule has 0 spiro atoms. The van der Waals surface area contributed by atoms with Crippen LogP contribution in [0, 0.1) is 0 Å². The first-order chi connectivity index (χ1) is 18.7. The van der Waals surface area contributed by atoms with Gasteiger partial charge in [0.1, 0.15) is 6.61 Å². The number of halogens is 6. The second-order valence-electron chi connectivity index (χ2n) is 7.96. The highest BCUT2D eigenvalue weighted by Crippen LogP contribution is 2.35. The molecule has 10 nitrogen and oxygen atoms in total. The van der Waals surface area contributed by atoms with E-state index in [9.17, 15) is 26.3 Å². The molecule has 3 heterocycles. The van der Waals surface area contributed by atoms with Crippen molar-refractivity contribution in [1.29, 1.82) is 0 Å². The average molecular weight is 585 g/mol. The molecule has 2 aromatic heterocycles. The number of nitrogens with one attached hydrogen (secondary N) is 2. The van der Waals surface area contributed by atoms with Crippen LogP contribution in [0.3, 0.4) is 0 Å². The van der Waals surface area contributed by atoms with Crippen molar-refractivity contribution in [3.05, 3.63) is 36.0 Å². The van der Waals surface area contributed by atoms with Crippen molar-refractivity contribution < 1.29 is 55.6 Å². The van der Waals surface area contributed by atoms with E-state index in [0.29, 0.717) is 25.0 Å². The average Bonchev–Trinajstić information content (AvgIpc) is 2.89. The summed E-state index contributed by atoms with van der Waals surface area (Å²) in [7, 11) is 1.92. The van der Waals surface area contributed by atoms with E-state index >= 15 is 0 Å². The van der Waals surface area contributed by atoms with Gasteiger partial charge in [0, 0.05) is 18.3 Å². The van der Waals surface area contributed by atoms with Gasteiger partial charge >= 0.3 is 24.3 Å². The van der Waals surface area contributed by atoms with E-state index in [2.05, 4.69) is 27.8 Å². The van der Waals surface area contributed by atoms with Crippen molar-refractivity contribution in [2.24, 2.45) is 0 Å². The maximum Gasteiger partial charge on any atom is 0.490 e. The number of hydrogen-bond acceptors (Lipinski definition) is 8. The molecular weight excluding hydrogens is 554 g/mol. The highest BCUT2D eigenvalue weighted by atomic mass is 19.4. The lowest BCUT2D eigenvalue weighted by molar-refractivity contribution is -0.193. The Balaban J connectivity index is 0.000000473. The van der Waals surface area contributed by atoms with Gasteiger partial charge in [0.25, 0.3) is 0 Å². The van der Waals surface area contributed by atoms with Gasteiger partial charge in [-0.25, -0.2) is 19.6 Å². The molecule has 16 heteroatoms. The fourth-order valence-electron chi connectivity index (χ4n) is 3.25. The van der Waals surface area contributed by atoms with Crippen LogP contribution < -0.4 is 20.1 Å². The van der Waals surface area contributed by atoms with Gasteiger partial charge in [-0.2, -0.15) is 26.3 Å². The van der Waals surface area contributed by atoms with E-state index in [1.807, 2.05) is 26.1 Å². The van der Waals surface area contributed by atoms with Crippen molar-refractivity contribution in [1.82, 2.24) is 20.6 Å². The molecule has 2 aromatic rings. The molecule has 1 fully saturated rings. The fraction of sp³-hybridized carbons (Fsp3) is 0.500. The van der Waals surface area contributed by atoms with Crippen molar-refractivity contribution in [3.8, 4) is 23.0 Å².